The Morgan fingerprint density at radius 2 is 1.10 bits per heavy atom. The van der Waals surface area contributed by atoms with Gasteiger partial charge in [0.05, 0.1) is 0 Å². The molecule has 0 aliphatic carbocycles. The molecule has 1 rings (SSSR count). The van der Waals surface area contributed by atoms with Crippen molar-refractivity contribution >= 4 is 5.91 Å². The number of carbonyl (C=O) groups is 1. The lowest BCUT2D eigenvalue weighted by molar-refractivity contribution is -0.121. The first-order chi connectivity index (χ1) is 14.9. The molecule has 1 aromatic carbocycles. The van der Waals surface area contributed by atoms with Crippen LogP contribution >= 0.6 is 0 Å². The number of amides is 1. The number of nitrogens with one attached hydrogen (secondary N) is 1. The molecule has 2 nitrogen and oxygen atoms in total. The molecule has 0 aliphatic heterocycles. The van der Waals surface area contributed by atoms with Gasteiger partial charge in [-0.2, -0.15) is 0 Å². The van der Waals surface area contributed by atoms with E-state index in [0.717, 1.165) is 6.42 Å². The van der Waals surface area contributed by atoms with Crippen molar-refractivity contribution < 1.29 is 4.79 Å². The molecule has 0 bridgehead atoms. The van der Waals surface area contributed by atoms with Crippen LogP contribution in [0.2, 0.25) is 0 Å². The van der Waals surface area contributed by atoms with Gasteiger partial charge < -0.3 is 5.32 Å². The number of rotatable bonds is 18. The van der Waals surface area contributed by atoms with Crippen molar-refractivity contribution in [2.45, 2.75) is 142 Å². The van der Waals surface area contributed by atoms with Crippen molar-refractivity contribution in [2.24, 2.45) is 0 Å². The fraction of sp³-hybridized carbons (Fsp3) is 0.759. The molecule has 0 fully saturated rings. The summed E-state index contributed by atoms with van der Waals surface area (Å²) in [6.07, 6.45) is 21.0. The average Bonchev–Trinajstić information content (AvgIpc) is 2.74. The minimum absolute atomic E-state index is 0.176. The maximum Gasteiger partial charge on any atom is 0.220 e. The highest BCUT2D eigenvalue weighted by molar-refractivity contribution is 5.75. The van der Waals surface area contributed by atoms with Crippen molar-refractivity contribution in [3.63, 3.8) is 0 Å². The zero-order chi connectivity index (χ0) is 22.8. The Balaban J connectivity index is 1.89. The summed E-state index contributed by atoms with van der Waals surface area (Å²) < 4.78 is 0. The summed E-state index contributed by atoms with van der Waals surface area (Å²) in [5.74, 6) is 0.189. The lowest BCUT2D eigenvalue weighted by Gasteiger charge is -2.19. The largest absolute Gasteiger partial charge is 0.352 e. The second-order valence-corrected chi connectivity index (χ2v) is 10.4. The lowest BCUT2D eigenvalue weighted by atomic mass is 9.87. The summed E-state index contributed by atoms with van der Waals surface area (Å²) in [5, 5.41) is 3.07. The maximum absolute atomic E-state index is 12.1. The van der Waals surface area contributed by atoms with Crippen LogP contribution < -0.4 is 5.32 Å². The second-order valence-electron chi connectivity index (χ2n) is 10.4. The standard InChI is InChI=1S/C29H51NO/c1-5-6-7-8-9-10-11-12-13-14-15-16-17-18-19-20-28(31)30-25-26-21-23-27(24-22-26)29(2,3)4/h21-24H,5-20,25H2,1-4H3,(H,30,31). The third kappa shape index (κ3) is 15.2. The molecule has 0 aliphatic rings. The summed E-state index contributed by atoms with van der Waals surface area (Å²) in [4.78, 5) is 12.1. The van der Waals surface area contributed by atoms with Gasteiger partial charge in [-0.3, -0.25) is 4.79 Å². The maximum atomic E-state index is 12.1. The van der Waals surface area contributed by atoms with Gasteiger partial charge in [0.1, 0.15) is 0 Å². The molecule has 1 N–H and O–H groups in total. The van der Waals surface area contributed by atoms with Crippen LogP contribution in [-0.2, 0) is 16.8 Å². The molecule has 0 aromatic heterocycles. The Labute approximate surface area is 194 Å². The van der Waals surface area contributed by atoms with Crippen molar-refractivity contribution in [3.05, 3.63) is 35.4 Å². The molecule has 0 spiro atoms. The van der Waals surface area contributed by atoms with Crippen molar-refractivity contribution in [1.29, 1.82) is 0 Å². The molecule has 0 saturated carbocycles. The van der Waals surface area contributed by atoms with Crippen molar-refractivity contribution in [3.8, 4) is 0 Å². The number of hydrogen-bond donors (Lipinski definition) is 1. The van der Waals surface area contributed by atoms with Gasteiger partial charge in [-0.1, -0.05) is 142 Å². The number of benzene rings is 1. The van der Waals surface area contributed by atoms with Crippen LogP contribution in [0.1, 0.15) is 142 Å². The lowest BCUT2D eigenvalue weighted by Crippen LogP contribution is -2.22. The third-order valence-electron chi connectivity index (χ3n) is 6.32. The fourth-order valence-corrected chi connectivity index (χ4v) is 4.07. The molecule has 1 aromatic rings. The van der Waals surface area contributed by atoms with Gasteiger partial charge in [-0.25, -0.2) is 0 Å². The van der Waals surface area contributed by atoms with Gasteiger partial charge in [0, 0.05) is 13.0 Å². The number of hydrogen-bond acceptors (Lipinski definition) is 1. The predicted molar refractivity (Wildman–Crippen MR) is 137 cm³/mol. The van der Waals surface area contributed by atoms with Gasteiger partial charge in [0.15, 0.2) is 0 Å². The Hall–Kier alpha value is -1.31. The minimum Gasteiger partial charge on any atom is -0.352 e. The highest BCUT2D eigenvalue weighted by Gasteiger charge is 2.12. The highest BCUT2D eigenvalue weighted by atomic mass is 16.1. The third-order valence-corrected chi connectivity index (χ3v) is 6.32. The Morgan fingerprint density at radius 3 is 1.52 bits per heavy atom. The molecular formula is C29H51NO. The first kappa shape index (κ1) is 27.7. The predicted octanol–water partition coefficient (Wildman–Crippen LogP) is 8.86. The summed E-state index contributed by atoms with van der Waals surface area (Å²) in [6.45, 7) is 9.59. The van der Waals surface area contributed by atoms with Crippen LogP contribution in [0.15, 0.2) is 24.3 Å². The van der Waals surface area contributed by atoms with E-state index >= 15 is 0 Å². The molecule has 1 amide bonds. The molecule has 0 radical (unpaired) electrons. The number of carbonyl (C=O) groups excluding carboxylic acids is 1. The Kier molecular flexibility index (Phi) is 15.4. The van der Waals surface area contributed by atoms with E-state index in [2.05, 4.69) is 57.3 Å². The van der Waals surface area contributed by atoms with E-state index in [-0.39, 0.29) is 11.3 Å². The zero-order valence-electron chi connectivity index (χ0n) is 21.2. The molecule has 0 unspecified atom stereocenters. The van der Waals surface area contributed by atoms with Crippen LogP contribution in [-0.4, -0.2) is 5.91 Å². The van der Waals surface area contributed by atoms with Gasteiger partial charge in [0.25, 0.3) is 0 Å². The van der Waals surface area contributed by atoms with Gasteiger partial charge >= 0.3 is 0 Å². The van der Waals surface area contributed by atoms with E-state index < -0.39 is 0 Å². The highest BCUT2D eigenvalue weighted by Crippen LogP contribution is 2.22. The smallest absolute Gasteiger partial charge is 0.220 e. The van der Waals surface area contributed by atoms with Crippen LogP contribution in [0.3, 0.4) is 0 Å². The van der Waals surface area contributed by atoms with Crippen LogP contribution in [0.4, 0.5) is 0 Å². The summed E-state index contributed by atoms with van der Waals surface area (Å²) in [7, 11) is 0. The summed E-state index contributed by atoms with van der Waals surface area (Å²) in [5.41, 5.74) is 2.69. The molecule has 0 heterocycles. The van der Waals surface area contributed by atoms with Gasteiger partial charge in [-0.15, -0.1) is 0 Å². The summed E-state index contributed by atoms with van der Waals surface area (Å²) >= 11 is 0. The average molecular weight is 430 g/mol. The minimum atomic E-state index is 0.176. The van der Waals surface area contributed by atoms with E-state index in [4.69, 9.17) is 0 Å². The molecule has 0 saturated heterocycles. The molecular weight excluding hydrogens is 378 g/mol. The van der Waals surface area contributed by atoms with E-state index in [0.29, 0.717) is 13.0 Å². The second kappa shape index (κ2) is 17.3. The van der Waals surface area contributed by atoms with Crippen molar-refractivity contribution in [2.75, 3.05) is 0 Å². The molecule has 178 valence electrons. The molecule has 0 atom stereocenters. The topological polar surface area (TPSA) is 29.1 Å². The van der Waals surface area contributed by atoms with E-state index in [9.17, 15) is 4.79 Å². The normalized spacial score (nSPS) is 11.6. The Morgan fingerprint density at radius 1 is 0.677 bits per heavy atom. The molecule has 31 heavy (non-hydrogen) atoms. The Bertz CT molecular complexity index is 555. The monoisotopic (exact) mass is 429 g/mol. The zero-order valence-corrected chi connectivity index (χ0v) is 21.2. The van der Waals surface area contributed by atoms with E-state index in [1.54, 1.807) is 0 Å². The van der Waals surface area contributed by atoms with E-state index in [1.807, 2.05) is 0 Å². The first-order valence-electron chi connectivity index (χ1n) is 13.3. The van der Waals surface area contributed by atoms with Crippen LogP contribution in [0, 0.1) is 0 Å². The van der Waals surface area contributed by atoms with Crippen molar-refractivity contribution in [1.82, 2.24) is 5.32 Å². The first-order valence-corrected chi connectivity index (χ1v) is 13.3. The summed E-state index contributed by atoms with van der Waals surface area (Å²) in [6, 6.07) is 8.62. The quantitative estimate of drug-likeness (QED) is 0.232. The molecule has 2 heteroatoms. The van der Waals surface area contributed by atoms with Crippen LogP contribution in [0.5, 0.6) is 0 Å². The SMILES string of the molecule is CCCCCCCCCCCCCCCCCC(=O)NCc1ccc(C(C)(C)C)cc1. The van der Waals surface area contributed by atoms with E-state index in [1.165, 1.54) is 101 Å². The fourth-order valence-electron chi connectivity index (χ4n) is 4.07. The van der Waals surface area contributed by atoms with Crippen LogP contribution in [0.25, 0.3) is 0 Å². The van der Waals surface area contributed by atoms with Gasteiger partial charge in [0.2, 0.25) is 5.91 Å². The number of unbranched alkanes of at least 4 members (excludes halogenated alkanes) is 14. The van der Waals surface area contributed by atoms with Gasteiger partial charge in [-0.05, 0) is 23.0 Å².